The molecule has 2 aromatic rings. The van der Waals surface area contributed by atoms with Crippen molar-refractivity contribution in [1.29, 1.82) is 0 Å². The molecule has 0 bridgehead atoms. The minimum Gasteiger partial charge on any atom is -0.468 e. The number of alkyl halides is 3. The lowest BCUT2D eigenvalue weighted by atomic mass is 10.2. The molecule has 0 saturated heterocycles. The van der Waals surface area contributed by atoms with Gasteiger partial charge in [-0.2, -0.15) is 13.2 Å². The van der Waals surface area contributed by atoms with Gasteiger partial charge in [0, 0.05) is 24.0 Å². The monoisotopic (exact) mass is 431 g/mol. The number of carbonyl (C=O) groups excluding carboxylic acids is 2. The van der Waals surface area contributed by atoms with Crippen molar-refractivity contribution in [2.75, 3.05) is 23.4 Å². The molecule has 11 heteroatoms. The Labute approximate surface area is 168 Å². The summed E-state index contributed by atoms with van der Waals surface area (Å²) >= 11 is 1.05. The van der Waals surface area contributed by atoms with Crippen LogP contribution in [0.1, 0.15) is 5.56 Å². The lowest BCUT2D eigenvalue weighted by Crippen LogP contribution is -2.26. The van der Waals surface area contributed by atoms with Crippen LogP contribution >= 0.6 is 11.8 Å². The van der Waals surface area contributed by atoms with Crippen molar-refractivity contribution in [3.05, 3.63) is 54.0 Å². The summed E-state index contributed by atoms with van der Waals surface area (Å²) in [4.78, 5) is 27.4. The van der Waals surface area contributed by atoms with Gasteiger partial charge in [0.1, 0.15) is 5.82 Å². The summed E-state index contributed by atoms with van der Waals surface area (Å²) in [6, 6.07) is 8.25. The molecule has 0 aliphatic heterocycles. The first-order valence-corrected chi connectivity index (χ1v) is 9.42. The van der Waals surface area contributed by atoms with Crippen LogP contribution in [0.5, 0.6) is 5.88 Å². The zero-order valence-electron chi connectivity index (χ0n) is 15.0. The highest BCUT2D eigenvalue weighted by molar-refractivity contribution is 8.00. The van der Waals surface area contributed by atoms with Crippen LogP contribution in [0.4, 0.5) is 23.2 Å². The van der Waals surface area contributed by atoms with Crippen molar-refractivity contribution in [1.82, 2.24) is 10.3 Å². The van der Waals surface area contributed by atoms with E-state index in [0.29, 0.717) is 11.3 Å². The summed E-state index contributed by atoms with van der Waals surface area (Å²) in [5.41, 5.74) is 0.730. The maximum Gasteiger partial charge on any atom is 0.422 e. The molecular formula is C18H17F4N3O3S. The predicted octanol–water partition coefficient (Wildman–Crippen LogP) is 3.15. The molecule has 0 unspecified atom stereocenters. The molecule has 0 saturated carbocycles. The topological polar surface area (TPSA) is 80.3 Å². The van der Waals surface area contributed by atoms with Crippen LogP contribution < -0.4 is 15.4 Å². The maximum absolute atomic E-state index is 12.8. The zero-order valence-corrected chi connectivity index (χ0v) is 15.8. The molecule has 156 valence electrons. The van der Waals surface area contributed by atoms with Crippen LogP contribution in [0.3, 0.4) is 0 Å². The van der Waals surface area contributed by atoms with Crippen LogP contribution in [0.25, 0.3) is 0 Å². The van der Waals surface area contributed by atoms with Gasteiger partial charge in [-0.25, -0.2) is 9.37 Å². The first-order chi connectivity index (χ1) is 13.7. The van der Waals surface area contributed by atoms with Gasteiger partial charge in [0.15, 0.2) is 6.61 Å². The second kappa shape index (κ2) is 10.6. The SMILES string of the molecule is O=C(CSCC(=O)Nc1ccc(F)cc1)NCc1cccnc1OCC(F)(F)F. The fraction of sp³-hybridized carbons (Fsp3) is 0.278. The summed E-state index contributed by atoms with van der Waals surface area (Å²) in [6.07, 6.45) is -3.21. The normalized spacial score (nSPS) is 11.0. The van der Waals surface area contributed by atoms with Gasteiger partial charge in [0.2, 0.25) is 17.7 Å². The van der Waals surface area contributed by atoms with Gasteiger partial charge in [0.05, 0.1) is 11.5 Å². The molecule has 2 N–H and O–H groups in total. The largest absolute Gasteiger partial charge is 0.468 e. The smallest absolute Gasteiger partial charge is 0.422 e. The molecule has 1 aromatic carbocycles. The maximum atomic E-state index is 12.8. The number of halogens is 4. The molecule has 1 heterocycles. The Bertz CT molecular complexity index is 832. The molecule has 1 aromatic heterocycles. The molecule has 0 aliphatic carbocycles. The van der Waals surface area contributed by atoms with Crippen molar-refractivity contribution < 1.29 is 31.9 Å². The van der Waals surface area contributed by atoms with Crippen LogP contribution in [-0.2, 0) is 16.1 Å². The van der Waals surface area contributed by atoms with Gasteiger partial charge < -0.3 is 15.4 Å². The third kappa shape index (κ3) is 8.81. The molecule has 29 heavy (non-hydrogen) atoms. The number of carbonyl (C=O) groups is 2. The Morgan fingerprint density at radius 2 is 1.76 bits per heavy atom. The Balaban J connectivity index is 1.72. The molecular weight excluding hydrogens is 414 g/mol. The summed E-state index contributed by atoms with van der Waals surface area (Å²) in [6.45, 7) is -1.55. The number of hydrogen-bond acceptors (Lipinski definition) is 5. The number of thioether (sulfide) groups is 1. The third-order valence-corrected chi connectivity index (χ3v) is 4.23. The number of aromatic nitrogens is 1. The van der Waals surface area contributed by atoms with Crippen molar-refractivity contribution >= 4 is 29.3 Å². The molecule has 0 fully saturated rings. The number of benzene rings is 1. The van der Waals surface area contributed by atoms with Gasteiger partial charge in [0.25, 0.3) is 0 Å². The highest BCUT2D eigenvalue weighted by Crippen LogP contribution is 2.20. The molecule has 0 radical (unpaired) electrons. The molecule has 2 rings (SSSR count). The third-order valence-electron chi connectivity index (χ3n) is 3.29. The Morgan fingerprint density at radius 3 is 2.45 bits per heavy atom. The second-order valence-corrected chi connectivity index (χ2v) is 6.68. The fourth-order valence-electron chi connectivity index (χ4n) is 2.05. The number of nitrogens with one attached hydrogen (secondary N) is 2. The first kappa shape index (κ1) is 22.5. The van der Waals surface area contributed by atoms with Crippen LogP contribution in [0, 0.1) is 5.82 Å². The zero-order chi connectivity index (χ0) is 21.3. The summed E-state index contributed by atoms with van der Waals surface area (Å²) in [5.74, 6) is -1.43. The van der Waals surface area contributed by atoms with E-state index in [1.807, 2.05) is 0 Å². The van der Waals surface area contributed by atoms with Crippen molar-refractivity contribution in [3.8, 4) is 5.88 Å². The quantitative estimate of drug-likeness (QED) is 0.597. The molecule has 6 nitrogen and oxygen atoms in total. The molecule has 0 aliphatic rings. The van der Waals surface area contributed by atoms with Crippen LogP contribution in [0.15, 0.2) is 42.6 Å². The number of hydrogen-bond donors (Lipinski definition) is 2. The van der Waals surface area contributed by atoms with Crippen LogP contribution in [-0.4, -0.2) is 41.1 Å². The predicted molar refractivity (Wildman–Crippen MR) is 100.0 cm³/mol. The summed E-state index contributed by atoms with van der Waals surface area (Å²) < 4.78 is 54.3. The highest BCUT2D eigenvalue weighted by Gasteiger charge is 2.29. The van der Waals surface area contributed by atoms with E-state index in [4.69, 9.17) is 0 Å². The number of anilines is 1. The van der Waals surface area contributed by atoms with Gasteiger partial charge in [-0.3, -0.25) is 9.59 Å². The number of amides is 2. The van der Waals surface area contributed by atoms with Gasteiger partial charge >= 0.3 is 6.18 Å². The van der Waals surface area contributed by atoms with Crippen molar-refractivity contribution in [2.45, 2.75) is 12.7 Å². The number of pyridine rings is 1. The number of rotatable bonds is 9. The van der Waals surface area contributed by atoms with E-state index in [1.165, 1.54) is 42.6 Å². The van der Waals surface area contributed by atoms with E-state index in [-0.39, 0.29) is 29.8 Å². The van der Waals surface area contributed by atoms with E-state index in [1.54, 1.807) is 0 Å². The minimum atomic E-state index is -4.50. The van der Waals surface area contributed by atoms with Gasteiger partial charge in [-0.05, 0) is 30.3 Å². The van der Waals surface area contributed by atoms with Crippen molar-refractivity contribution in [2.24, 2.45) is 0 Å². The van der Waals surface area contributed by atoms with E-state index in [9.17, 15) is 27.2 Å². The molecule has 2 amide bonds. The Hall–Kier alpha value is -2.82. The number of ether oxygens (including phenoxy) is 1. The minimum absolute atomic E-state index is 0.00235. The Morgan fingerprint density at radius 1 is 1.07 bits per heavy atom. The highest BCUT2D eigenvalue weighted by atomic mass is 32.2. The standard InChI is InChI=1S/C18H17F4N3O3S/c19-13-3-5-14(6-4-13)25-16(27)10-29-9-15(26)24-8-12-2-1-7-23-17(12)28-11-18(20,21)22/h1-7H,8-11H2,(H,24,26)(H,25,27). The van der Waals surface area contributed by atoms with Crippen LogP contribution in [0.2, 0.25) is 0 Å². The van der Waals surface area contributed by atoms with E-state index in [2.05, 4.69) is 20.4 Å². The average Bonchev–Trinajstić information content (AvgIpc) is 2.66. The van der Waals surface area contributed by atoms with E-state index >= 15 is 0 Å². The lowest BCUT2D eigenvalue weighted by Gasteiger charge is -2.12. The average molecular weight is 431 g/mol. The van der Waals surface area contributed by atoms with Gasteiger partial charge in [-0.1, -0.05) is 6.07 Å². The fourth-order valence-corrected chi connectivity index (χ4v) is 2.70. The second-order valence-electron chi connectivity index (χ2n) is 5.70. The van der Waals surface area contributed by atoms with Gasteiger partial charge in [-0.15, -0.1) is 11.8 Å². The summed E-state index contributed by atoms with van der Waals surface area (Å²) in [7, 11) is 0. The molecule has 0 atom stereocenters. The summed E-state index contributed by atoms with van der Waals surface area (Å²) in [5, 5.41) is 5.09. The first-order valence-electron chi connectivity index (χ1n) is 8.26. The lowest BCUT2D eigenvalue weighted by molar-refractivity contribution is -0.154. The molecule has 0 spiro atoms. The number of nitrogens with zero attached hydrogens (tertiary/aromatic N) is 1. The Kier molecular flexibility index (Phi) is 8.25. The van der Waals surface area contributed by atoms with E-state index < -0.39 is 24.5 Å². The van der Waals surface area contributed by atoms with E-state index in [0.717, 1.165) is 11.8 Å². The van der Waals surface area contributed by atoms with Crippen molar-refractivity contribution in [3.63, 3.8) is 0 Å².